The lowest BCUT2D eigenvalue weighted by atomic mass is 10.2. The Labute approximate surface area is 134 Å². The van der Waals surface area contributed by atoms with Gasteiger partial charge in [0.25, 0.3) is 0 Å². The van der Waals surface area contributed by atoms with E-state index < -0.39 is 0 Å². The average Bonchev–Trinajstić information content (AvgIpc) is 2.93. The minimum atomic E-state index is 0.316. The van der Waals surface area contributed by atoms with Crippen molar-refractivity contribution in [2.24, 2.45) is 5.73 Å². The van der Waals surface area contributed by atoms with Gasteiger partial charge in [-0.05, 0) is 31.5 Å². The van der Waals surface area contributed by atoms with Crippen LogP contribution in [0.1, 0.15) is 37.6 Å². The molecule has 0 spiro atoms. The molecule has 0 saturated heterocycles. The number of aromatic nitrogens is 2. The van der Waals surface area contributed by atoms with Gasteiger partial charge in [-0.2, -0.15) is 5.10 Å². The van der Waals surface area contributed by atoms with Crippen molar-refractivity contribution in [2.75, 3.05) is 0 Å². The van der Waals surface area contributed by atoms with Crippen LogP contribution in [0.15, 0.2) is 24.4 Å². The Hall–Kier alpha value is -1.23. The summed E-state index contributed by atoms with van der Waals surface area (Å²) >= 11 is 12.1. The summed E-state index contributed by atoms with van der Waals surface area (Å²) < 4.78 is 7.72. The predicted octanol–water partition coefficient (Wildman–Crippen LogP) is 4.20. The summed E-state index contributed by atoms with van der Waals surface area (Å²) in [6.45, 7) is 4.92. The molecule has 0 bridgehead atoms. The maximum Gasteiger partial charge on any atom is 0.143 e. The number of benzene rings is 1. The Balaban J connectivity index is 2.11. The van der Waals surface area contributed by atoms with Gasteiger partial charge in [-0.3, -0.25) is 4.68 Å². The summed E-state index contributed by atoms with van der Waals surface area (Å²) in [6, 6.07) is 5.73. The lowest BCUT2D eigenvalue weighted by Gasteiger charge is -2.12. The molecule has 0 saturated carbocycles. The van der Waals surface area contributed by atoms with E-state index in [0.717, 1.165) is 17.7 Å². The molecule has 21 heavy (non-hydrogen) atoms. The van der Waals surface area contributed by atoms with Gasteiger partial charge in [-0.25, -0.2) is 0 Å². The van der Waals surface area contributed by atoms with E-state index in [1.54, 1.807) is 12.1 Å². The van der Waals surface area contributed by atoms with Crippen LogP contribution in [-0.4, -0.2) is 9.78 Å². The first-order valence-electron chi connectivity index (χ1n) is 6.90. The van der Waals surface area contributed by atoms with Gasteiger partial charge in [0.15, 0.2) is 0 Å². The normalized spacial score (nSPS) is 12.4. The zero-order valence-electron chi connectivity index (χ0n) is 12.1. The number of nitrogens with two attached hydrogens (primary N) is 1. The van der Waals surface area contributed by atoms with Gasteiger partial charge in [0.05, 0.1) is 10.7 Å². The van der Waals surface area contributed by atoms with Crippen molar-refractivity contribution in [2.45, 2.75) is 39.5 Å². The van der Waals surface area contributed by atoms with E-state index in [0.29, 0.717) is 35.0 Å². The summed E-state index contributed by atoms with van der Waals surface area (Å²) in [5, 5.41) is 5.50. The van der Waals surface area contributed by atoms with Crippen molar-refractivity contribution in [1.82, 2.24) is 9.78 Å². The smallest absolute Gasteiger partial charge is 0.143 e. The highest BCUT2D eigenvalue weighted by atomic mass is 35.5. The molecule has 2 rings (SSSR count). The van der Waals surface area contributed by atoms with Crippen LogP contribution in [0.5, 0.6) is 5.75 Å². The molecule has 1 heterocycles. The third kappa shape index (κ3) is 3.90. The van der Waals surface area contributed by atoms with Crippen molar-refractivity contribution >= 4 is 23.2 Å². The van der Waals surface area contributed by atoms with E-state index in [4.69, 9.17) is 33.7 Å². The predicted molar refractivity (Wildman–Crippen MR) is 85.9 cm³/mol. The lowest BCUT2D eigenvalue weighted by molar-refractivity contribution is 0.295. The third-order valence-electron chi connectivity index (χ3n) is 3.38. The average molecular weight is 328 g/mol. The maximum atomic E-state index is 6.17. The van der Waals surface area contributed by atoms with Gasteiger partial charge in [0.2, 0.25) is 0 Å². The Morgan fingerprint density at radius 1 is 1.38 bits per heavy atom. The number of ether oxygens (including phenoxy) is 1. The standard InChI is InChI=1S/C15H19Cl2N3O/c1-3-10(2)20-5-4-13(19-20)9-21-15-11(8-18)6-12(16)7-14(15)17/h4-7,10H,3,8-9,18H2,1-2H3. The number of hydrogen-bond acceptors (Lipinski definition) is 3. The Morgan fingerprint density at radius 3 is 2.81 bits per heavy atom. The lowest BCUT2D eigenvalue weighted by Crippen LogP contribution is -2.07. The maximum absolute atomic E-state index is 6.17. The third-order valence-corrected chi connectivity index (χ3v) is 3.87. The molecule has 1 aromatic carbocycles. The molecule has 4 nitrogen and oxygen atoms in total. The van der Waals surface area contributed by atoms with E-state index in [9.17, 15) is 0 Å². The van der Waals surface area contributed by atoms with Crippen LogP contribution in [0, 0.1) is 0 Å². The van der Waals surface area contributed by atoms with E-state index >= 15 is 0 Å². The number of hydrogen-bond donors (Lipinski definition) is 1. The summed E-state index contributed by atoms with van der Waals surface area (Å²) in [6.07, 6.45) is 2.99. The van der Waals surface area contributed by atoms with Crippen LogP contribution in [0.25, 0.3) is 0 Å². The first-order valence-corrected chi connectivity index (χ1v) is 7.65. The second kappa shape index (κ2) is 7.16. The first-order chi connectivity index (χ1) is 10.0. The molecule has 114 valence electrons. The Kier molecular flexibility index (Phi) is 5.51. The molecule has 0 fully saturated rings. The van der Waals surface area contributed by atoms with Crippen LogP contribution in [-0.2, 0) is 13.2 Å². The molecule has 2 N–H and O–H groups in total. The van der Waals surface area contributed by atoms with Crippen molar-refractivity contribution < 1.29 is 4.74 Å². The fourth-order valence-electron chi connectivity index (χ4n) is 1.96. The highest BCUT2D eigenvalue weighted by Gasteiger charge is 2.11. The summed E-state index contributed by atoms with van der Waals surface area (Å²) in [7, 11) is 0. The van der Waals surface area contributed by atoms with E-state index in [-0.39, 0.29) is 0 Å². The van der Waals surface area contributed by atoms with Crippen molar-refractivity contribution in [1.29, 1.82) is 0 Å². The van der Waals surface area contributed by atoms with Gasteiger partial charge < -0.3 is 10.5 Å². The number of halogens is 2. The minimum absolute atomic E-state index is 0.316. The van der Waals surface area contributed by atoms with Crippen LogP contribution in [0.3, 0.4) is 0 Å². The largest absolute Gasteiger partial charge is 0.485 e. The van der Waals surface area contributed by atoms with Crippen LogP contribution >= 0.6 is 23.2 Å². The molecule has 1 atom stereocenters. The quantitative estimate of drug-likeness (QED) is 0.865. The number of nitrogens with zero attached hydrogens (tertiary/aromatic N) is 2. The summed E-state index contributed by atoms with van der Waals surface area (Å²) in [5.74, 6) is 0.571. The van der Waals surface area contributed by atoms with Crippen LogP contribution in [0.2, 0.25) is 10.0 Å². The van der Waals surface area contributed by atoms with Crippen molar-refractivity contribution in [3.63, 3.8) is 0 Å². The second-order valence-electron chi connectivity index (χ2n) is 4.91. The molecule has 0 radical (unpaired) electrons. The zero-order valence-corrected chi connectivity index (χ0v) is 13.7. The highest BCUT2D eigenvalue weighted by molar-refractivity contribution is 6.35. The Bertz CT molecular complexity index is 613. The molecular weight excluding hydrogens is 309 g/mol. The molecule has 0 amide bonds. The van der Waals surface area contributed by atoms with Gasteiger partial charge in [0.1, 0.15) is 12.4 Å². The Morgan fingerprint density at radius 2 is 2.14 bits per heavy atom. The topological polar surface area (TPSA) is 53.1 Å². The molecule has 1 unspecified atom stereocenters. The van der Waals surface area contributed by atoms with Gasteiger partial charge in [-0.15, -0.1) is 0 Å². The van der Waals surface area contributed by atoms with Gasteiger partial charge in [-0.1, -0.05) is 30.1 Å². The SMILES string of the molecule is CCC(C)n1ccc(COc2c(Cl)cc(Cl)cc2CN)n1. The van der Waals surface area contributed by atoms with Crippen LogP contribution in [0.4, 0.5) is 0 Å². The molecule has 0 aliphatic heterocycles. The monoisotopic (exact) mass is 327 g/mol. The zero-order chi connectivity index (χ0) is 15.4. The molecule has 0 aliphatic carbocycles. The van der Waals surface area contributed by atoms with E-state index in [1.165, 1.54) is 0 Å². The highest BCUT2D eigenvalue weighted by Crippen LogP contribution is 2.32. The molecular formula is C15H19Cl2N3O. The van der Waals surface area contributed by atoms with Crippen LogP contribution < -0.4 is 10.5 Å². The van der Waals surface area contributed by atoms with Gasteiger partial charge in [0, 0.05) is 29.4 Å². The minimum Gasteiger partial charge on any atom is -0.485 e. The van der Waals surface area contributed by atoms with Crippen molar-refractivity contribution in [3.05, 3.63) is 45.7 Å². The molecule has 6 heteroatoms. The second-order valence-corrected chi connectivity index (χ2v) is 5.76. The van der Waals surface area contributed by atoms with Gasteiger partial charge >= 0.3 is 0 Å². The molecule has 2 aromatic rings. The summed E-state index contributed by atoms with van der Waals surface area (Å²) in [5.41, 5.74) is 7.34. The van der Waals surface area contributed by atoms with Crippen molar-refractivity contribution in [3.8, 4) is 5.75 Å². The summed E-state index contributed by atoms with van der Waals surface area (Å²) in [4.78, 5) is 0. The fourth-order valence-corrected chi connectivity index (χ4v) is 2.55. The molecule has 1 aromatic heterocycles. The molecule has 0 aliphatic rings. The first kappa shape index (κ1) is 16.1. The van der Waals surface area contributed by atoms with E-state index in [1.807, 2.05) is 16.9 Å². The number of rotatable bonds is 6. The van der Waals surface area contributed by atoms with E-state index in [2.05, 4.69) is 18.9 Å². The fraction of sp³-hybridized carbons (Fsp3) is 0.400.